The quantitative estimate of drug-likeness (QED) is 0.157. The van der Waals surface area contributed by atoms with Gasteiger partial charge in [0.2, 0.25) is 5.91 Å². The second-order valence-corrected chi connectivity index (χ2v) is 13.1. The maximum atomic E-state index is 13.6. The average molecular weight is 630 g/mol. The number of alkyl carbamates (subject to hydrolysis) is 1. The van der Waals surface area contributed by atoms with Gasteiger partial charge in [0.05, 0.1) is 10.4 Å². The molecule has 2 amide bonds. The van der Waals surface area contributed by atoms with Crippen LogP contribution < -0.4 is 10.6 Å². The molecule has 1 saturated carbocycles. The molecule has 44 heavy (non-hydrogen) atoms. The monoisotopic (exact) mass is 629 g/mol. The molecule has 0 saturated heterocycles. The molecule has 0 bridgehead atoms. The number of amides is 2. The van der Waals surface area contributed by atoms with Crippen LogP contribution in [0.1, 0.15) is 66.0 Å². The molecule has 4 aromatic rings. The first-order chi connectivity index (χ1) is 21.5. The Hall–Kier alpha value is -3.68. The van der Waals surface area contributed by atoms with E-state index in [0.717, 1.165) is 54.0 Å². The van der Waals surface area contributed by atoms with Crippen LogP contribution in [0.2, 0.25) is 5.02 Å². The fourth-order valence-corrected chi connectivity index (χ4v) is 6.68. The molecule has 1 heterocycles. The Labute approximate surface area is 269 Å². The van der Waals surface area contributed by atoms with Gasteiger partial charge in [0.1, 0.15) is 6.61 Å². The van der Waals surface area contributed by atoms with Gasteiger partial charge in [0.15, 0.2) is 0 Å². The van der Waals surface area contributed by atoms with Gasteiger partial charge in [-0.05, 0) is 86.1 Å². The summed E-state index contributed by atoms with van der Waals surface area (Å²) in [5, 5.41) is 7.25. The van der Waals surface area contributed by atoms with E-state index in [1.807, 2.05) is 48.5 Å². The number of thiazole rings is 1. The lowest BCUT2D eigenvalue weighted by Gasteiger charge is -2.30. The first kappa shape index (κ1) is 31.7. The number of hydrogen-bond donors (Lipinski definition) is 2. The molecule has 2 N–H and O–H groups in total. The number of nitrogens with zero attached hydrogens (tertiary/aromatic N) is 1. The molecular weight excluding hydrogens is 590 g/mol. The topological polar surface area (TPSA) is 80.3 Å². The summed E-state index contributed by atoms with van der Waals surface area (Å²) < 4.78 is 5.49. The van der Waals surface area contributed by atoms with E-state index in [1.54, 1.807) is 11.7 Å². The Bertz CT molecular complexity index is 1430. The fraction of sp³-hybridized carbons (Fsp3) is 0.361. The molecule has 2 unspecified atom stereocenters. The number of aromatic nitrogens is 1. The minimum Gasteiger partial charge on any atom is -0.444 e. The van der Waals surface area contributed by atoms with Crippen molar-refractivity contribution < 1.29 is 14.3 Å². The molecule has 1 aliphatic rings. The largest absolute Gasteiger partial charge is 0.444 e. The summed E-state index contributed by atoms with van der Waals surface area (Å²) in [6.45, 7) is 0.196. The fourth-order valence-electron chi connectivity index (χ4n) is 6.05. The summed E-state index contributed by atoms with van der Waals surface area (Å²) in [6.07, 6.45) is 7.85. The summed E-state index contributed by atoms with van der Waals surface area (Å²) in [6, 6.07) is 28.4. The third kappa shape index (κ3) is 9.93. The van der Waals surface area contributed by atoms with Crippen LogP contribution >= 0.6 is 22.9 Å². The predicted molar refractivity (Wildman–Crippen MR) is 177 cm³/mol. The maximum Gasteiger partial charge on any atom is 0.407 e. The lowest BCUT2D eigenvalue weighted by atomic mass is 9.78. The van der Waals surface area contributed by atoms with Crippen molar-refractivity contribution >= 4 is 34.9 Å². The summed E-state index contributed by atoms with van der Waals surface area (Å²) in [5.41, 5.74) is 5.35. The maximum absolute atomic E-state index is 13.6. The summed E-state index contributed by atoms with van der Waals surface area (Å²) in [7, 11) is 0. The zero-order chi connectivity index (χ0) is 30.6. The first-order valence-electron chi connectivity index (χ1n) is 15.5. The van der Waals surface area contributed by atoms with E-state index < -0.39 is 6.09 Å². The number of carbonyl (C=O) groups is 2. The van der Waals surface area contributed by atoms with Gasteiger partial charge in [-0.2, -0.15) is 0 Å². The molecular formula is C36H40ClN3O3S. The van der Waals surface area contributed by atoms with Crippen LogP contribution in [0, 0.1) is 5.92 Å². The lowest BCUT2D eigenvalue weighted by Crippen LogP contribution is -2.43. The number of halogens is 1. The molecule has 6 nitrogen and oxygen atoms in total. The molecule has 1 fully saturated rings. The second kappa shape index (κ2) is 16.4. The molecule has 0 aliphatic heterocycles. The number of hydrogen-bond acceptors (Lipinski definition) is 5. The minimum absolute atomic E-state index is 0.0109. The molecule has 1 aliphatic carbocycles. The summed E-state index contributed by atoms with van der Waals surface area (Å²) in [5.74, 6) is 0.617. The molecule has 0 spiro atoms. The van der Waals surface area contributed by atoms with Crippen LogP contribution in [0.25, 0.3) is 0 Å². The number of benzene rings is 3. The van der Waals surface area contributed by atoms with Crippen LogP contribution in [0.3, 0.4) is 0 Å². The number of rotatable bonds is 13. The highest BCUT2D eigenvalue weighted by atomic mass is 35.5. The zero-order valence-electron chi connectivity index (χ0n) is 24.9. The molecule has 0 radical (unpaired) electrons. The molecule has 1 aromatic heterocycles. The van der Waals surface area contributed by atoms with Gasteiger partial charge >= 0.3 is 6.09 Å². The van der Waals surface area contributed by atoms with Gasteiger partial charge in [0, 0.05) is 29.2 Å². The normalized spacial score (nSPS) is 17.8. The van der Waals surface area contributed by atoms with E-state index >= 15 is 0 Å². The van der Waals surface area contributed by atoms with Crippen molar-refractivity contribution in [2.24, 2.45) is 5.92 Å². The number of ether oxygens (including phenoxy) is 1. The Morgan fingerprint density at radius 2 is 1.41 bits per heavy atom. The average Bonchev–Trinajstić information content (AvgIpc) is 3.58. The van der Waals surface area contributed by atoms with E-state index in [-0.39, 0.29) is 30.5 Å². The van der Waals surface area contributed by atoms with Crippen LogP contribution in [0.5, 0.6) is 0 Å². The third-order valence-electron chi connectivity index (χ3n) is 8.45. The minimum atomic E-state index is -0.444. The van der Waals surface area contributed by atoms with E-state index in [1.165, 1.54) is 22.5 Å². The highest BCUT2D eigenvalue weighted by Gasteiger charge is 2.29. The third-order valence-corrected chi connectivity index (χ3v) is 9.46. The van der Waals surface area contributed by atoms with Crippen molar-refractivity contribution in [1.82, 2.24) is 15.6 Å². The summed E-state index contributed by atoms with van der Waals surface area (Å²) >= 11 is 7.54. The number of nitrogens with one attached hydrogen (secondary N) is 2. The van der Waals surface area contributed by atoms with E-state index in [9.17, 15) is 9.59 Å². The smallest absolute Gasteiger partial charge is 0.407 e. The van der Waals surface area contributed by atoms with Crippen molar-refractivity contribution in [2.75, 3.05) is 0 Å². The van der Waals surface area contributed by atoms with Crippen molar-refractivity contribution in [3.63, 3.8) is 0 Å². The van der Waals surface area contributed by atoms with Gasteiger partial charge in [-0.3, -0.25) is 9.78 Å². The molecule has 5 rings (SSSR count). The van der Waals surface area contributed by atoms with Crippen LogP contribution in [-0.4, -0.2) is 29.1 Å². The van der Waals surface area contributed by atoms with Crippen molar-refractivity contribution in [3.8, 4) is 0 Å². The van der Waals surface area contributed by atoms with Crippen molar-refractivity contribution in [3.05, 3.63) is 123 Å². The van der Waals surface area contributed by atoms with Gasteiger partial charge in [-0.1, -0.05) is 84.4 Å². The van der Waals surface area contributed by atoms with Gasteiger partial charge in [0.25, 0.3) is 0 Å². The van der Waals surface area contributed by atoms with E-state index in [0.29, 0.717) is 18.8 Å². The van der Waals surface area contributed by atoms with Gasteiger partial charge in [-0.15, -0.1) is 11.3 Å². The van der Waals surface area contributed by atoms with Crippen LogP contribution in [0.15, 0.2) is 96.6 Å². The summed E-state index contributed by atoms with van der Waals surface area (Å²) in [4.78, 5) is 31.3. The van der Waals surface area contributed by atoms with Crippen LogP contribution in [-0.2, 0) is 29.0 Å². The van der Waals surface area contributed by atoms with E-state index in [4.69, 9.17) is 16.3 Å². The highest BCUT2D eigenvalue weighted by Crippen LogP contribution is 2.36. The first-order valence-corrected chi connectivity index (χ1v) is 16.7. The molecule has 230 valence electrons. The molecule has 3 aromatic carbocycles. The Morgan fingerprint density at radius 1 is 0.818 bits per heavy atom. The Morgan fingerprint density at radius 3 is 1.98 bits per heavy atom. The van der Waals surface area contributed by atoms with Crippen molar-refractivity contribution in [1.29, 1.82) is 0 Å². The zero-order valence-corrected chi connectivity index (χ0v) is 26.4. The van der Waals surface area contributed by atoms with Gasteiger partial charge in [-0.25, -0.2) is 4.79 Å². The molecule has 8 heteroatoms. The molecule has 2 atom stereocenters. The standard InChI is InChI=1S/C36H40ClN3O3S/c37-31-17-15-29(16-18-31)28-11-13-30(14-12-28)35(41)39-32(21-26-7-3-1-4-8-26)19-20-33(22-27-9-5-2-6-10-27)40-36(42)43-24-34-23-38-25-44-34/h1-10,15-18,23,25,28,30,32-33H,11-14,19-22,24H2,(H,39,41)(H,40,42). The Kier molecular flexibility index (Phi) is 11.8. The predicted octanol–water partition coefficient (Wildman–Crippen LogP) is 8.12. The SMILES string of the molecule is O=C(NC(CCC(Cc1ccccc1)NC(=O)C1CCC(c2ccc(Cl)cc2)CC1)Cc1ccccc1)OCc1cncs1. The second-order valence-electron chi connectivity index (χ2n) is 11.6. The van der Waals surface area contributed by atoms with Gasteiger partial charge < -0.3 is 15.4 Å². The van der Waals surface area contributed by atoms with Crippen molar-refractivity contribution in [2.45, 2.75) is 76.0 Å². The van der Waals surface area contributed by atoms with E-state index in [2.05, 4.69) is 52.0 Å². The number of carbonyl (C=O) groups excluding carboxylic acids is 2. The highest BCUT2D eigenvalue weighted by molar-refractivity contribution is 7.09. The Balaban J connectivity index is 1.20. The van der Waals surface area contributed by atoms with Crippen LogP contribution in [0.4, 0.5) is 4.79 Å². The lowest BCUT2D eigenvalue weighted by molar-refractivity contribution is -0.126.